The molecule has 0 aliphatic rings. The number of rotatable bonds is 8. The highest BCUT2D eigenvalue weighted by Gasteiger charge is 1.94. The second-order valence-corrected chi connectivity index (χ2v) is 4.21. The normalized spacial score (nSPS) is 11.5. The second-order valence-electron chi connectivity index (χ2n) is 4.21. The molecule has 0 aliphatic heterocycles. The molecule has 0 atom stereocenters. The van der Waals surface area contributed by atoms with E-state index in [2.05, 4.69) is 33.0 Å². The molecule has 0 aromatic carbocycles. The molecule has 0 aliphatic carbocycles. The Morgan fingerprint density at radius 2 is 1.77 bits per heavy atom. The summed E-state index contributed by atoms with van der Waals surface area (Å²) in [5.41, 5.74) is 0. The molecule has 0 spiro atoms. The number of hydrogen-bond acceptors (Lipinski definition) is 2. The smallest absolute Gasteiger partial charge is 0.0518 e. The Bertz CT molecular complexity index is 90.3. The zero-order chi connectivity index (χ0) is 10.1. The molecule has 0 aromatic rings. The van der Waals surface area contributed by atoms with E-state index in [9.17, 15) is 0 Å². The van der Waals surface area contributed by atoms with Crippen LogP contribution in [0.4, 0.5) is 0 Å². The highest BCUT2D eigenvalue weighted by molar-refractivity contribution is 4.51. The molecule has 0 bridgehead atoms. The van der Waals surface area contributed by atoms with Gasteiger partial charge in [0.05, 0.1) is 6.10 Å². The summed E-state index contributed by atoms with van der Waals surface area (Å²) in [6.45, 7) is 11.8. The molecular formula is C11H25NO. The van der Waals surface area contributed by atoms with Crippen molar-refractivity contribution in [3.63, 3.8) is 0 Å². The molecule has 13 heavy (non-hydrogen) atoms. The van der Waals surface area contributed by atoms with Crippen LogP contribution in [-0.4, -0.2) is 25.8 Å². The summed E-state index contributed by atoms with van der Waals surface area (Å²) in [5, 5.41) is 3.41. The Morgan fingerprint density at radius 3 is 2.31 bits per heavy atom. The van der Waals surface area contributed by atoms with Gasteiger partial charge in [-0.15, -0.1) is 0 Å². The Labute approximate surface area is 83.1 Å². The van der Waals surface area contributed by atoms with Crippen LogP contribution in [0.1, 0.15) is 40.5 Å². The van der Waals surface area contributed by atoms with Gasteiger partial charge in [-0.3, -0.25) is 0 Å². The average molecular weight is 187 g/mol. The lowest BCUT2D eigenvalue weighted by Crippen LogP contribution is -2.20. The zero-order valence-electron chi connectivity index (χ0n) is 9.60. The molecule has 0 amide bonds. The van der Waals surface area contributed by atoms with Gasteiger partial charge < -0.3 is 10.1 Å². The fourth-order valence-corrected chi connectivity index (χ4v) is 1.03. The maximum atomic E-state index is 5.43. The molecule has 0 rings (SSSR count). The van der Waals surface area contributed by atoms with Crippen LogP contribution in [0, 0.1) is 5.92 Å². The Hall–Kier alpha value is -0.0800. The maximum absolute atomic E-state index is 5.43. The van der Waals surface area contributed by atoms with E-state index in [1.54, 1.807) is 0 Å². The van der Waals surface area contributed by atoms with Gasteiger partial charge in [-0.2, -0.15) is 0 Å². The van der Waals surface area contributed by atoms with Gasteiger partial charge in [-0.1, -0.05) is 13.8 Å². The summed E-state index contributed by atoms with van der Waals surface area (Å²) < 4.78 is 5.43. The maximum Gasteiger partial charge on any atom is 0.0518 e. The lowest BCUT2D eigenvalue weighted by atomic mass is 10.1. The van der Waals surface area contributed by atoms with Crippen molar-refractivity contribution in [2.45, 2.75) is 46.6 Å². The van der Waals surface area contributed by atoms with Gasteiger partial charge in [0.15, 0.2) is 0 Å². The molecule has 1 N–H and O–H groups in total. The van der Waals surface area contributed by atoms with Gasteiger partial charge >= 0.3 is 0 Å². The molecule has 0 aromatic heterocycles. The largest absolute Gasteiger partial charge is 0.379 e. The SMILES string of the molecule is CC(C)CCNCCCOC(C)C. The molecule has 0 fully saturated rings. The molecule has 0 unspecified atom stereocenters. The highest BCUT2D eigenvalue weighted by atomic mass is 16.5. The van der Waals surface area contributed by atoms with Crippen molar-refractivity contribution in [3.8, 4) is 0 Å². The van der Waals surface area contributed by atoms with E-state index in [0.29, 0.717) is 6.10 Å². The van der Waals surface area contributed by atoms with Gasteiger partial charge in [0, 0.05) is 6.61 Å². The molecule has 80 valence electrons. The average Bonchev–Trinajstić information content (AvgIpc) is 2.01. The minimum Gasteiger partial charge on any atom is -0.379 e. The van der Waals surface area contributed by atoms with E-state index in [-0.39, 0.29) is 0 Å². The van der Waals surface area contributed by atoms with Gasteiger partial charge in [0.1, 0.15) is 0 Å². The van der Waals surface area contributed by atoms with Crippen LogP contribution in [0.15, 0.2) is 0 Å². The first-order valence-corrected chi connectivity index (χ1v) is 5.45. The van der Waals surface area contributed by atoms with Crippen LogP contribution >= 0.6 is 0 Å². The van der Waals surface area contributed by atoms with E-state index in [4.69, 9.17) is 4.74 Å². The summed E-state index contributed by atoms with van der Waals surface area (Å²) >= 11 is 0. The van der Waals surface area contributed by atoms with Crippen molar-refractivity contribution in [2.24, 2.45) is 5.92 Å². The van der Waals surface area contributed by atoms with E-state index < -0.39 is 0 Å². The van der Waals surface area contributed by atoms with Crippen LogP contribution in [-0.2, 0) is 4.74 Å². The van der Waals surface area contributed by atoms with Crippen molar-refractivity contribution in [1.82, 2.24) is 5.32 Å². The van der Waals surface area contributed by atoms with E-state index >= 15 is 0 Å². The first kappa shape index (κ1) is 12.9. The van der Waals surface area contributed by atoms with E-state index in [0.717, 1.165) is 32.0 Å². The first-order chi connectivity index (χ1) is 6.13. The van der Waals surface area contributed by atoms with Gasteiger partial charge in [-0.05, 0) is 45.7 Å². The molecule has 0 saturated heterocycles. The number of ether oxygens (including phenoxy) is 1. The molecule has 0 radical (unpaired) electrons. The van der Waals surface area contributed by atoms with Crippen molar-refractivity contribution in [2.75, 3.05) is 19.7 Å². The highest BCUT2D eigenvalue weighted by Crippen LogP contribution is 1.96. The molecule has 0 saturated carbocycles. The predicted octanol–water partition coefficient (Wildman–Crippen LogP) is 2.44. The lowest BCUT2D eigenvalue weighted by molar-refractivity contribution is 0.0771. The summed E-state index contributed by atoms with van der Waals surface area (Å²) in [6, 6.07) is 0. The van der Waals surface area contributed by atoms with Crippen LogP contribution in [0.2, 0.25) is 0 Å². The zero-order valence-corrected chi connectivity index (χ0v) is 9.60. The van der Waals surface area contributed by atoms with E-state index in [1.165, 1.54) is 6.42 Å². The van der Waals surface area contributed by atoms with E-state index in [1.807, 2.05) is 0 Å². The van der Waals surface area contributed by atoms with Crippen LogP contribution in [0.25, 0.3) is 0 Å². The topological polar surface area (TPSA) is 21.3 Å². The standard InChI is InChI=1S/C11H25NO/c1-10(2)6-8-12-7-5-9-13-11(3)4/h10-12H,5-9H2,1-4H3. The first-order valence-electron chi connectivity index (χ1n) is 5.45. The quantitative estimate of drug-likeness (QED) is 0.589. The Kier molecular flexibility index (Phi) is 8.46. The molecular weight excluding hydrogens is 162 g/mol. The third-order valence-corrected chi connectivity index (χ3v) is 1.85. The van der Waals surface area contributed by atoms with Crippen molar-refractivity contribution in [1.29, 1.82) is 0 Å². The van der Waals surface area contributed by atoms with Crippen molar-refractivity contribution < 1.29 is 4.74 Å². The van der Waals surface area contributed by atoms with Crippen LogP contribution in [0.3, 0.4) is 0 Å². The van der Waals surface area contributed by atoms with Gasteiger partial charge in [0.25, 0.3) is 0 Å². The Morgan fingerprint density at radius 1 is 1.08 bits per heavy atom. The monoisotopic (exact) mass is 187 g/mol. The van der Waals surface area contributed by atoms with Crippen molar-refractivity contribution >= 4 is 0 Å². The molecule has 0 heterocycles. The van der Waals surface area contributed by atoms with Gasteiger partial charge in [-0.25, -0.2) is 0 Å². The van der Waals surface area contributed by atoms with Crippen LogP contribution < -0.4 is 5.32 Å². The summed E-state index contributed by atoms with van der Waals surface area (Å²) in [6.07, 6.45) is 2.76. The fraction of sp³-hybridized carbons (Fsp3) is 1.00. The Balaban J connectivity index is 2.92. The minimum absolute atomic E-state index is 0.371. The summed E-state index contributed by atoms with van der Waals surface area (Å²) in [4.78, 5) is 0. The van der Waals surface area contributed by atoms with Crippen molar-refractivity contribution in [3.05, 3.63) is 0 Å². The van der Waals surface area contributed by atoms with Crippen LogP contribution in [0.5, 0.6) is 0 Å². The predicted molar refractivity (Wildman–Crippen MR) is 58.0 cm³/mol. The fourth-order valence-electron chi connectivity index (χ4n) is 1.03. The summed E-state index contributed by atoms with van der Waals surface area (Å²) in [5.74, 6) is 0.805. The molecule has 2 nitrogen and oxygen atoms in total. The lowest BCUT2D eigenvalue weighted by Gasteiger charge is -2.08. The number of hydrogen-bond donors (Lipinski definition) is 1. The third kappa shape index (κ3) is 11.9. The minimum atomic E-state index is 0.371. The third-order valence-electron chi connectivity index (χ3n) is 1.85. The summed E-state index contributed by atoms with van der Waals surface area (Å²) in [7, 11) is 0. The number of nitrogens with one attached hydrogen (secondary N) is 1. The second kappa shape index (κ2) is 8.52. The molecule has 2 heteroatoms. The van der Waals surface area contributed by atoms with Gasteiger partial charge in [0.2, 0.25) is 0 Å².